The van der Waals surface area contributed by atoms with E-state index in [0.29, 0.717) is 48.6 Å². The summed E-state index contributed by atoms with van der Waals surface area (Å²) in [6.45, 7) is 1.14. The molecule has 2 amide bonds. The topological polar surface area (TPSA) is 70.7 Å². The van der Waals surface area contributed by atoms with E-state index < -0.39 is 5.66 Å². The molecule has 6 nitrogen and oxygen atoms in total. The van der Waals surface area contributed by atoms with E-state index in [4.69, 9.17) is 16.3 Å². The summed E-state index contributed by atoms with van der Waals surface area (Å²) in [4.78, 5) is 27.0. The number of carbonyl (C=O) groups excluding carboxylic acids is 2. The Balaban J connectivity index is 1.41. The minimum absolute atomic E-state index is 0.0839. The average Bonchev–Trinajstić information content (AvgIpc) is 2.70. The number of hydrogen-bond acceptors (Lipinski definition) is 4. The molecule has 1 fully saturated rings. The minimum atomic E-state index is -0.564. The Morgan fingerprint density at radius 1 is 1.14 bits per heavy atom. The number of para-hydroxylation sites is 1. The van der Waals surface area contributed by atoms with Crippen LogP contribution in [0.3, 0.4) is 0 Å². The first-order valence-corrected chi connectivity index (χ1v) is 9.67. The fourth-order valence-corrected chi connectivity index (χ4v) is 4.04. The lowest BCUT2D eigenvalue weighted by Gasteiger charge is -2.46. The van der Waals surface area contributed by atoms with Crippen molar-refractivity contribution in [2.45, 2.75) is 24.9 Å². The maximum Gasteiger partial charge on any atom is 0.255 e. The number of methoxy groups -OCH3 is 1. The van der Waals surface area contributed by atoms with E-state index in [-0.39, 0.29) is 11.8 Å². The number of nitrogens with zero attached hydrogens (tertiary/aromatic N) is 1. The maximum absolute atomic E-state index is 12.7. The fraction of sp³-hybridized carbons (Fsp3) is 0.333. The number of anilines is 1. The number of fused-ring (bicyclic) bond motifs is 1. The predicted molar refractivity (Wildman–Crippen MR) is 108 cm³/mol. The van der Waals surface area contributed by atoms with Gasteiger partial charge in [0.15, 0.2) is 0 Å². The van der Waals surface area contributed by atoms with E-state index in [9.17, 15) is 9.59 Å². The van der Waals surface area contributed by atoms with E-state index >= 15 is 0 Å². The molecule has 2 aliphatic heterocycles. The first-order chi connectivity index (χ1) is 13.5. The summed E-state index contributed by atoms with van der Waals surface area (Å²) in [6, 6.07) is 12.8. The second kappa shape index (κ2) is 7.36. The van der Waals surface area contributed by atoms with Crippen LogP contribution in [0, 0.1) is 0 Å². The van der Waals surface area contributed by atoms with Gasteiger partial charge in [-0.1, -0.05) is 29.8 Å². The number of amides is 2. The molecule has 2 N–H and O–H groups in total. The van der Waals surface area contributed by atoms with Crippen molar-refractivity contribution >= 4 is 29.1 Å². The Labute approximate surface area is 168 Å². The highest BCUT2D eigenvalue weighted by molar-refractivity contribution is 6.34. The number of hydrogen-bond donors (Lipinski definition) is 2. The Bertz CT molecular complexity index is 906. The molecule has 0 radical (unpaired) electrons. The van der Waals surface area contributed by atoms with Gasteiger partial charge in [-0.2, -0.15) is 0 Å². The average molecular weight is 400 g/mol. The van der Waals surface area contributed by atoms with Crippen LogP contribution in [-0.2, 0) is 11.2 Å². The van der Waals surface area contributed by atoms with Crippen LogP contribution in [-0.4, -0.2) is 42.6 Å². The quantitative estimate of drug-likeness (QED) is 0.832. The largest absolute Gasteiger partial charge is 0.497 e. The van der Waals surface area contributed by atoms with Gasteiger partial charge in [-0.25, -0.2) is 0 Å². The SMILES string of the molecule is COc1ccc(CC(=O)N2CCC3(CC2)NC(=O)c2cccc(Cl)c2N3)cc1. The number of ether oxygens (including phenoxy) is 1. The van der Waals surface area contributed by atoms with Gasteiger partial charge in [-0.3, -0.25) is 9.59 Å². The van der Waals surface area contributed by atoms with Gasteiger partial charge < -0.3 is 20.3 Å². The molecule has 7 heteroatoms. The maximum atomic E-state index is 12.7. The van der Waals surface area contributed by atoms with Crippen molar-refractivity contribution in [3.8, 4) is 5.75 Å². The van der Waals surface area contributed by atoms with Crippen LogP contribution in [0.2, 0.25) is 5.02 Å². The summed E-state index contributed by atoms with van der Waals surface area (Å²) in [5.41, 5.74) is 1.62. The third kappa shape index (κ3) is 3.52. The monoisotopic (exact) mass is 399 g/mol. The highest BCUT2D eigenvalue weighted by atomic mass is 35.5. The number of likely N-dealkylation sites (tertiary alicyclic amines) is 1. The highest BCUT2D eigenvalue weighted by Crippen LogP contribution is 2.35. The molecule has 0 atom stereocenters. The first kappa shape index (κ1) is 18.6. The van der Waals surface area contributed by atoms with Gasteiger partial charge >= 0.3 is 0 Å². The van der Waals surface area contributed by atoms with Crippen LogP contribution in [0.4, 0.5) is 5.69 Å². The second-order valence-electron chi connectivity index (χ2n) is 7.23. The van der Waals surface area contributed by atoms with Crippen molar-refractivity contribution in [1.82, 2.24) is 10.2 Å². The molecule has 0 aliphatic carbocycles. The van der Waals surface area contributed by atoms with Crippen molar-refractivity contribution in [1.29, 1.82) is 0 Å². The van der Waals surface area contributed by atoms with Gasteiger partial charge in [0.2, 0.25) is 5.91 Å². The van der Waals surface area contributed by atoms with Gasteiger partial charge in [0.1, 0.15) is 11.4 Å². The van der Waals surface area contributed by atoms with E-state index in [0.717, 1.165) is 11.3 Å². The molecule has 146 valence electrons. The Hall–Kier alpha value is -2.73. The molecule has 28 heavy (non-hydrogen) atoms. The molecule has 2 aliphatic rings. The van der Waals surface area contributed by atoms with Crippen LogP contribution < -0.4 is 15.4 Å². The number of halogens is 1. The second-order valence-corrected chi connectivity index (χ2v) is 7.64. The zero-order valence-electron chi connectivity index (χ0n) is 15.6. The van der Waals surface area contributed by atoms with Crippen molar-refractivity contribution < 1.29 is 14.3 Å². The molecular formula is C21H22ClN3O3. The smallest absolute Gasteiger partial charge is 0.255 e. The first-order valence-electron chi connectivity index (χ1n) is 9.30. The van der Waals surface area contributed by atoms with Gasteiger partial charge in [-0.05, 0) is 29.8 Å². The highest BCUT2D eigenvalue weighted by Gasteiger charge is 2.41. The molecule has 2 aromatic carbocycles. The third-order valence-corrected chi connectivity index (χ3v) is 5.77. The fourth-order valence-electron chi connectivity index (χ4n) is 3.81. The zero-order valence-corrected chi connectivity index (χ0v) is 16.4. The van der Waals surface area contributed by atoms with Crippen molar-refractivity contribution in [3.05, 3.63) is 58.6 Å². The number of nitrogens with one attached hydrogen (secondary N) is 2. The number of piperidine rings is 1. The van der Waals surface area contributed by atoms with Crippen LogP contribution in [0.15, 0.2) is 42.5 Å². The number of benzene rings is 2. The molecule has 0 bridgehead atoms. The summed E-state index contributed by atoms with van der Waals surface area (Å²) in [5, 5.41) is 7.03. The molecule has 1 spiro atoms. The molecule has 4 rings (SSSR count). The number of rotatable bonds is 3. The van der Waals surface area contributed by atoms with E-state index in [1.54, 1.807) is 25.3 Å². The summed E-state index contributed by atoms with van der Waals surface area (Å²) in [7, 11) is 1.62. The molecule has 2 aromatic rings. The minimum Gasteiger partial charge on any atom is -0.497 e. The van der Waals surface area contributed by atoms with Gasteiger partial charge in [0.25, 0.3) is 5.91 Å². The molecular weight excluding hydrogens is 378 g/mol. The Morgan fingerprint density at radius 3 is 2.54 bits per heavy atom. The van der Waals surface area contributed by atoms with E-state index in [1.807, 2.05) is 29.2 Å². The van der Waals surface area contributed by atoms with Crippen LogP contribution >= 0.6 is 11.6 Å². The summed E-state index contributed by atoms with van der Waals surface area (Å²) < 4.78 is 5.15. The van der Waals surface area contributed by atoms with Crippen LogP contribution in [0.1, 0.15) is 28.8 Å². The normalized spacial score (nSPS) is 17.5. The lowest BCUT2D eigenvalue weighted by atomic mass is 9.92. The molecule has 0 aromatic heterocycles. The van der Waals surface area contributed by atoms with Crippen molar-refractivity contribution in [3.63, 3.8) is 0 Å². The lowest BCUT2D eigenvalue weighted by molar-refractivity contribution is -0.132. The number of carbonyl (C=O) groups is 2. The summed E-state index contributed by atoms with van der Waals surface area (Å²) in [6.07, 6.45) is 1.60. The molecule has 1 saturated heterocycles. The summed E-state index contributed by atoms with van der Waals surface area (Å²) >= 11 is 6.28. The van der Waals surface area contributed by atoms with Crippen LogP contribution in [0.25, 0.3) is 0 Å². The molecule has 0 unspecified atom stereocenters. The van der Waals surface area contributed by atoms with Gasteiger partial charge in [0.05, 0.1) is 29.8 Å². The van der Waals surface area contributed by atoms with Crippen molar-refractivity contribution in [2.24, 2.45) is 0 Å². The van der Waals surface area contributed by atoms with Gasteiger partial charge in [-0.15, -0.1) is 0 Å². The molecule has 0 saturated carbocycles. The van der Waals surface area contributed by atoms with E-state index in [1.165, 1.54) is 0 Å². The van der Waals surface area contributed by atoms with Crippen molar-refractivity contribution in [2.75, 3.05) is 25.5 Å². The standard InChI is InChI=1S/C21H22ClN3O3/c1-28-15-7-5-14(6-8-15)13-18(26)25-11-9-21(10-12-25)23-19-16(20(27)24-21)3-2-4-17(19)22/h2-8,23H,9-13H2,1H3,(H,24,27). The Kier molecular flexibility index (Phi) is 4.89. The Morgan fingerprint density at radius 2 is 1.86 bits per heavy atom. The third-order valence-electron chi connectivity index (χ3n) is 5.46. The zero-order chi connectivity index (χ0) is 19.7. The summed E-state index contributed by atoms with van der Waals surface area (Å²) in [5.74, 6) is 0.726. The predicted octanol–water partition coefficient (Wildman–Crippen LogP) is 3.07. The van der Waals surface area contributed by atoms with E-state index in [2.05, 4.69) is 10.6 Å². The lowest BCUT2D eigenvalue weighted by Crippen LogP contribution is -2.62. The molecule has 2 heterocycles. The van der Waals surface area contributed by atoms with Crippen LogP contribution in [0.5, 0.6) is 5.75 Å². The van der Waals surface area contributed by atoms with Gasteiger partial charge in [0, 0.05) is 25.9 Å².